The molecule has 0 atom stereocenters. The molecule has 0 saturated carbocycles. The summed E-state index contributed by atoms with van der Waals surface area (Å²) in [5.41, 5.74) is 1.91. The number of rotatable bonds is 2. The van der Waals surface area contributed by atoms with Crippen molar-refractivity contribution in [2.45, 2.75) is 0 Å². The maximum absolute atomic E-state index is 8.69. The minimum absolute atomic E-state index is 0.354. The van der Waals surface area contributed by atoms with Gasteiger partial charge in [0.1, 0.15) is 17.5 Å². The van der Waals surface area contributed by atoms with Crippen molar-refractivity contribution in [2.24, 2.45) is 0 Å². The molecule has 2 aromatic heterocycles. The first-order chi connectivity index (χ1) is 9.36. The highest BCUT2D eigenvalue weighted by atomic mass is 15.6. The first kappa shape index (κ1) is 11.0. The summed E-state index contributed by atoms with van der Waals surface area (Å²) in [6.45, 7) is 0. The van der Waals surface area contributed by atoms with Crippen LogP contribution in [0, 0.1) is 11.3 Å². The van der Waals surface area contributed by atoms with Gasteiger partial charge < -0.3 is 0 Å². The summed E-state index contributed by atoms with van der Waals surface area (Å²) in [7, 11) is 0. The Morgan fingerprint density at radius 3 is 2.58 bits per heavy atom. The quantitative estimate of drug-likeness (QED) is 0.688. The van der Waals surface area contributed by atoms with E-state index >= 15 is 0 Å². The fourth-order valence-corrected chi connectivity index (χ4v) is 1.60. The van der Waals surface area contributed by atoms with Crippen molar-refractivity contribution in [1.82, 2.24) is 25.2 Å². The molecule has 0 spiro atoms. The normalized spacial score (nSPS) is 10.1. The highest BCUT2D eigenvalue weighted by molar-refractivity contribution is 5.53. The van der Waals surface area contributed by atoms with E-state index in [-0.39, 0.29) is 0 Å². The van der Waals surface area contributed by atoms with Crippen LogP contribution in [0.5, 0.6) is 0 Å². The van der Waals surface area contributed by atoms with Crippen LogP contribution in [0.1, 0.15) is 5.69 Å². The third-order valence-corrected chi connectivity index (χ3v) is 2.54. The lowest BCUT2D eigenvalue weighted by Gasteiger charge is -1.96. The van der Waals surface area contributed by atoms with E-state index in [2.05, 4.69) is 20.4 Å². The average Bonchev–Trinajstić information content (AvgIpc) is 2.98. The molecule has 0 bridgehead atoms. The number of hydrogen-bond donors (Lipinski definition) is 0. The Labute approximate surface area is 109 Å². The van der Waals surface area contributed by atoms with Gasteiger partial charge in [0.2, 0.25) is 5.82 Å². The molecule has 0 aliphatic heterocycles. The van der Waals surface area contributed by atoms with Gasteiger partial charge in [-0.15, -0.1) is 15.0 Å². The number of nitrogens with zero attached hydrogens (tertiary/aromatic N) is 6. The standard InChI is InChI=1S/C13H8N6/c14-8-11-6-7-12(9-15-11)19-17-13(16-18-19)10-4-2-1-3-5-10/h1-7,9H. The van der Waals surface area contributed by atoms with Crippen molar-refractivity contribution < 1.29 is 0 Å². The molecule has 0 amide bonds. The van der Waals surface area contributed by atoms with Crippen molar-refractivity contribution >= 4 is 0 Å². The number of benzene rings is 1. The third-order valence-electron chi connectivity index (χ3n) is 2.54. The van der Waals surface area contributed by atoms with Gasteiger partial charge in [0.15, 0.2) is 0 Å². The van der Waals surface area contributed by atoms with Gasteiger partial charge in [0.05, 0.1) is 6.20 Å². The number of hydrogen-bond acceptors (Lipinski definition) is 5. The van der Waals surface area contributed by atoms with Crippen LogP contribution in [0.15, 0.2) is 48.7 Å². The molecule has 3 rings (SSSR count). The molecule has 0 aliphatic carbocycles. The second-order valence-corrected chi connectivity index (χ2v) is 3.78. The summed E-state index contributed by atoms with van der Waals surface area (Å²) in [4.78, 5) is 5.35. The molecular formula is C13H8N6. The van der Waals surface area contributed by atoms with Gasteiger partial charge in [-0.3, -0.25) is 0 Å². The van der Waals surface area contributed by atoms with E-state index in [1.54, 1.807) is 12.1 Å². The van der Waals surface area contributed by atoms with E-state index in [4.69, 9.17) is 5.26 Å². The maximum atomic E-state index is 8.69. The summed E-state index contributed by atoms with van der Waals surface area (Å²) in [6, 6.07) is 14.9. The van der Waals surface area contributed by atoms with Crippen molar-refractivity contribution in [3.63, 3.8) is 0 Å². The Kier molecular flexibility index (Phi) is 2.71. The minimum Gasteiger partial charge on any atom is -0.243 e. The zero-order valence-electron chi connectivity index (χ0n) is 9.80. The zero-order chi connectivity index (χ0) is 13.1. The molecule has 0 radical (unpaired) electrons. The van der Waals surface area contributed by atoms with Crippen LogP contribution >= 0.6 is 0 Å². The Morgan fingerprint density at radius 2 is 1.89 bits per heavy atom. The van der Waals surface area contributed by atoms with E-state index in [0.29, 0.717) is 17.2 Å². The molecule has 1 aromatic carbocycles. The predicted molar refractivity (Wildman–Crippen MR) is 67.1 cm³/mol. The fourth-order valence-electron chi connectivity index (χ4n) is 1.60. The third kappa shape index (κ3) is 2.17. The first-order valence-electron chi connectivity index (χ1n) is 5.59. The molecular weight excluding hydrogens is 240 g/mol. The Balaban J connectivity index is 1.95. The zero-order valence-corrected chi connectivity index (χ0v) is 9.80. The molecule has 19 heavy (non-hydrogen) atoms. The van der Waals surface area contributed by atoms with E-state index in [1.807, 2.05) is 36.4 Å². The monoisotopic (exact) mass is 248 g/mol. The molecule has 90 valence electrons. The van der Waals surface area contributed by atoms with Gasteiger partial charge in [-0.05, 0) is 17.3 Å². The number of tetrazole rings is 1. The largest absolute Gasteiger partial charge is 0.243 e. The van der Waals surface area contributed by atoms with Gasteiger partial charge in [0, 0.05) is 5.56 Å². The van der Waals surface area contributed by atoms with Crippen LogP contribution in [-0.4, -0.2) is 25.2 Å². The smallest absolute Gasteiger partial charge is 0.205 e. The molecule has 2 heterocycles. The molecule has 0 N–H and O–H groups in total. The second-order valence-electron chi connectivity index (χ2n) is 3.78. The summed E-state index contributed by atoms with van der Waals surface area (Å²) in [5, 5.41) is 20.9. The van der Waals surface area contributed by atoms with Crippen LogP contribution in [-0.2, 0) is 0 Å². The van der Waals surface area contributed by atoms with Gasteiger partial charge in [-0.1, -0.05) is 30.3 Å². The molecule has 0 saturated heterocycles. The first-order valence-corrected chi connectivity index (χ1v) is 5.59. The van der Waals surface area contributed by atoms with Crippen molar-refractivity contribution in [2.75, 3.05) is 0 Å². The number of pyridine rings is 1. The topological polar surface area (TPSA) is 80.3 Å². The Hall–Kier alpha value is -3.07. The summed E-state index contributed by atoms with van der Waals surface area (Å²) < 4.78 is 0. The lowest BCUT2D eigenvalue weighted by Crippen LogP contribution is -2.00. The minimum atomic E-state index is 0.354. The number of nitriles is 1. The van der Waals surface area contributed by atoms with E-state index in [9.17, 15) is 0 Å². The van der Waals surface area contributed by atoms with Gasteiger partial charge in [-0.2, -0.15) is 5.26 Å². The summed E-state index contributed by atoms with van der Waals surface area (Å²) in [5.74, 6) is 0.546. The van der Waals surface area contributed by atoms with Crippen LogP contribution < -0.4 is 0 Å². The highest BCUT2D eigenvalue weighted by Gasteiger charge is 2.06. The van der Waals surface area contributed by atoms with E-state index in [1.165, 1.54) is 11.0 Å². The molecule has 0 aliphatic rings. The Morgan fingerprint density at radius 1 is 1.05 bits per heavy atom. The van der Waals surface area contributed by atoms with E-state index in [0.717, 1.165) is 5.56 Å². The van der Waals surface area contributed by atoms with Gasteiger partial charge >= 0.3 is 0 Å². The Bertz CT molecular complexity index is 724. The van der Waals surface area contributed by atoms with Crippen LogP contribution in [0.2, 0.25) is 0 Å². The van der Waals surface area contributed by atoms with Crippen LogP contribution in [0.25, 0.3) is 17.1 Å². The lowest BCUT2D eigenvalue weighted by molar-refractivity contribution is 0.717. The van der Waals surface area contributed by atoms with Gasteiger partial charge in [0.25, 0.3) is 0 Å². The van der Waals surface area contributed by atoms with Crippen molar-refractivity contribution in [3.8, 4) is 23.1 Å². The summed E-state index contributed by atoms with van der Waals surface area (Å²) in [6.07, 6.45) is 1.54. The lowest BCUT2D eigenvalue weighted by atomic mass is 10.2. The van der Waals surface area contributed by atoms with Crippen molar-refractivity contribution in [1.29, 1.82) is 5.26 Å². The van der Waals surface area contributed by atoms with E-state index < -0.39 is 0 Å². The van der Waals surface area contributed by atoms with Gasteiger partial charge in [-0.25, -0.2) is 4.98 Å². The SMILES string of the molecule is N#Cc1ccc(-n2nnc(-c3ccccc3)n2)cn1. The molecule has 3 aromatic rings. The summed E-state index contributed by atoms with van der Waals surface area (Å²) >= 11 is 0. The molecule has 6 heteroatoms. The average molecular weight is 248 g/mol. The van der Waals surface area contributed by atoms with Crippen LogP contribution in [0.3, 0.4) is 0 Å². The van der Waals surface area contributed by atoms with Crippen LogP contribution in [0.4, 0.5) is 0 Å². The fraction of sp³-hybridized carbons (Fsp3) is 0. The number of aromatic nitrogens is 5. The second kappa shape index (κ2) is 4.66. The predicted octanol–water partition coefficient (Wildman–Crippen LogP) is 1.60. The maximum Gasteiger partial charge on any atom is 0.205 e. The molecule has 6 nitrogen and oxygen atoms in total. The molecule has 0 fully saturated rings. The molecule has 0 unspecified atom stereocenters. The van der Waals surface area contributed by atoms with Crippen molar-refractivity contribution in [3.05, 3.63) is 54.4 Å². The highest BCUT2D eigenvalue weighted by Crippen LogP contribution is 2.13.